The van der Waals surface area contributed by atoms with E-state index in [-0.39, 0.29) is 16.6 Å². The fraction of sp³-hybridized carbons (Fsp3) is 0.412. The predicted octanol–water partition coefficient (Wildman–Crippen LogP) is 1.37. The number of thioether (sulfide) groups is 1. The molecule has 1 N–H and O–H groups in total. The number of methoxy groups -OCH3 is 1. The Kier molecular flexibility index (Phi) is 7.23. The van der Waals surface area contributed by atoms with Gasteiger partial charge in [0.15, 0.2) is 15.8 Å². The molecule has 0 spiro atoms. The number of hydrogen-bond acceptors (Lipinski definition) is 11. The lowest BCUT2D eigenvalue weighted by molar-refractivity contribution is -0.137. The molecular formula is C17H20N4O7S3. The molecule has 3 rings (SSSR count). The van der Waals surface area contributed by atoms with E-state index in [0.29, 0.717) is 29.1 Å². The molecule has 1 atom stereocenters. The summed E-state index contributed by atoms with van der Waals surface area (Å²) in [7, 11) is -2.53. The van der Waals surface area contributed by atoms with Crippen molar-refractivity contribution in [2.45, 2.75) is 17.3 Å². The molecular weight excluding hydrogens is 468 g/mol. The molecule has 0 saturated carbocycles. The minimum Gasteiger partial charge on any atom is -0.486 e. The third kappa shape index (κ3) is 5.77. The van der Waals surface area contributed by atoms with Crippen molar-refractivity contribution in [1.29, 1.82) is 0 Å². The van der Waals surface area contributed by atoms with Gasteiger partial charge in [0.05, 0.1) is 24.8 Å². The topological polar surface area (TPSA) is 137 Å². The van der Waals surface area contributed by atoms with Crippen LogP contribution in [0, 0.1) is 0 Å². The van der Waals surface area contributed by atoms with Gasteiger partial charge in [-0.25, -0.2) is 8.42 Å². The Labute approximate surface area is 187 Å². The van der Waals surface area contributed by atoms with E-state index in [0.717, 1.165) is 33.7 Å². The predicted molar refractivity (Wildman–Crippen MR) is 115 cm³/mol. The van der Waals surface area contributed by atoms with Crippen LogP contribution in [-0.4, -0.2) is 68.9 Å². The molecule has 1 aliphatic heterocycles. The van der Waals surface area contributed by atoms with Crippen LogP contribution in [0.25, 0.3) is 0 Å². The summed E-state index contributed by atoms with van der Waals surface area (Å²) in [6, 6.07) is 3.58. The van der Waals surface area contributed by atoms with Gasteiger partial charge in [0, 0.05) is 6.07 Å². The van der Waals surface area contributed by atoms with E-state index in [4.69, 9.17) is 9.47 Å². The molecule has 168 valence electrons. The molecule has 0 saturated heterocycles. The number of anilines is 2. The summed E-state index contributed by atoms with van der Waals surface area (Å²) in [4.78, 5) is 24.0. The van der Waals surface area contributed by atoms with Crippen LogP contribution in [0.5, 0.6) is 11.5 Å². The lowest BCUT2D eigenvalue weighted by Crippen LogP contribution is -2.45. The van der Waals surface area contributed by atoms with E-state index in [1.54, 1.807) is 12.1 Å². The minimum absolute atomic E-state index is 0.0570. The summed E-state index contributed by atoms with van der Waals surface area (Å²) < 4.78 is 41.9. The molecule has 2 aromatic rings. The molecule has 0 aliphatic carbocycles. The van der Waals surface area contributed by atoms with Gasteiger partial charge in [-0.2, -0.15) is 0 Å². The van der Waals surface area contributed by atoms with Crippen LogP contribution in [0.2, 0.25) is 0 Å². The summed E-state index contributed by atoms with van der Waals surface area (Å²) in [6.45, 7) is 2.21. The Hall–Kier alpha value is -2.58. The zero-order valence-corrected chi connectivity index (χ0v) is 19.3. The number of hydrogen-bond donors (Lipinski definition) is 1. The van der Waals surface area contributed by atoms with Crippen LogP contribution in [0.15, 0.2) is 22.5 Å². The SMILES string of the molecule is COC(=O)CSc1nnc(NC(=O)[C@@H](C)N(c2ccc3c(c2)OCCO3)S(C)(=O)=O)s1. The fourth-order valence-electron chi connectivity index (χ4n) is 2.69. The number of rotatable bonds is 8. The first-order valence-electron chi connectivity index (χ1n) is 8.92. The number of ether oxygens (including phenoxy) is 3. The van der Waals surface area contributed by atoms with Gasteiger partial charge in [-0.15, -0.1) is 10.2 Å². The van der Waals surface area contributed by atoms with Gasteiger partial charge >= 0.3 is 5.97 Å². The van der Waals surface area contributed by atoms with Crippen LogP contribution in [0.1, 0.15) is 6.92 Å². The maximum absolute atomic E-state index is 12.8. The highest BCUT2D eigenvalue weighted by Crippen LogP contribution is 2.35. The average molecular weight is 489 g/mol. The number of esters is 1. The van der Waals surface area contributed by atoms with Crippen molar-refractivity contribution in [3.8, 4) is 11.5 Å². The normalized spacial score (nSPS) is 13.9. The van der Waals surface area contributed by atoms with E-state index in [1.807, 2.05) is 0 Å². The summed E-state index contributed by atoms with van der Waals surface area (Å²) >= 11 is 2.18. The molecule has 1 amide bonds. The van der Waals surface area contributed by atoms with Crippen molar-refractivity contribution in [1.82, 2.24) is 10.2 Å². The second-order valence-corrected chi connectivity index (χ2v) is 10.3. The summed E-state index contributed by atoms with van der Waals surface area (Å²) in [5.41, 5.74) is 0.265. The molecule has 0 unspecified atom stereocenters. The highest BCUT2D eigenvalue weighted by Gasteiger charge is 2.31. The highest BCUT2D eigenvalue weighted by molar-refractivity contribution is 8.01. The fourth-order valence-corrected chi connectivity index (χ4v) is 5.44. The van der Waals surface area contributed by atoms with Gasteiger partial charge in [0.1, 0.15) is 19.3 Å². The number of benzene rings is 1. The lowest BCUT2D eigenvalue weighted by Gasteiger charge is -2.29. The molecule has 2 heterocycles. The van der Waals surface area contributed by atoms with E-state index >= 15 is 0 Å². The van der Waals surface area contributed by atoms with Gasteiger partial charge in [-0.05, 0) is 19.1 Å². The zero-order chi connectivity index (χ0) is 22.6. The maximum atomic E-state index is 12.8. The van der Waals surface area contributed by atoms with E-state index in [2.05, 4.69) is 20.3 Å². The first-order chi connectivity index (χ1) is 14.7. The summed E-state index contributed by atoms with van der Waals surface area (Å²) in [5.74, 6) is -0.0435. The number of fused-ring (bicyclic) bond motifs is 1. The highest BCUT2D eigenvalue weighted by atomic mass is 32.2. The second kappa shape index (κ2) is 9.70. The average Bonchev–Trinajstić information content (AvgIpc) is 3.18. The monoisotopic (exact) mass is 488 g/mol. The van der Waals surface area contributed by atoms with Crippen molar-refractivity contribution in [3.63, 3.8) is 0 Å². The molecule has 14 heteroatoms. The van der Waals surface area contributed by atoms with Gasteiger partial charge in [-0.3, -0.25) is 19.2 Å². The molecule has 31 heavy (non-hydrogen) atoms. The Morgan fingerprint density at radius 3 is 2.68 bits per heavy atom. The smallest absolute Gasteiger partial charge is 0.316 e. The van der Waals surface area contributed by atoms with Crippen molar-refractivity contribution >= 4 is 55.8 Å². The Morgan fingerprint density at radius 2 is 2.00 bits per heavy atom. The quantitative estimate of drug-likeness (QED) is 0.329. The Balaban J connectivity index is 1.75. The third-order valence-electron chi connectivity index (χ3n) is 4.05. The van der Waals surface area contributed by atoms with Crippen LogP contribution >= 0.6 is 23.1 Å². The van der Waals surface area contributed by atoms with Crippen LogP contribution in [0.4, 0.5) is 10.8 Å². The number of nitrogens with zero attached hydrogens (tertiary/aromatic N) is 3. The van der Waals surface area contributed by atoms with E-state index in [1.165, 1.54) is 20.1 Å². The second-order valence-electron chi connectivity index (χ2n) is 6.29. The molecule has 0 bridgehead atoms. The summed E-state index contributed by atoms with van der Waals surface area (Å²) in [6.07, 6.45) is 1.01. The van der Waals surface area contributed by atoms with Crippen molar-refractivity contribution in [2.75, 3.05) is 42.0 Å². The van der Waals surface area contributed by atoms with Gasteiger partial charge in [0.2, 0.25) is 21.1 Å². The maximum Gasteiger partial charge on any atom is 0.316 e. The minimum atomic E-state index is -3.81. The van der Waals surface area contributed by atoms with Crippen LogP contribution in [0.3, 0.4) is 0 Å². The van der Waals surface area contributed by atoms with Crippen molar-refractivity contribution < 1.29 is 32.2 Å². The number of sulfonamides is 1. The molecule has 1 aliphatic rings. The number of carbonyl (C=O) groups is 2. The lowest BCUT2D eigenvalue weighted by atomic mass is 10.2. The van der Waals surface area contributed by atoms with Crippen LogP contribution in [-0.2, 0) is 24.3 Å². The van der Waals surface area contributed by atoms with Gasteiger partial charge in [0.25, 0.3) is 0 Å². The molecule has 0 fully saturated rings. The molecule has 1 aromatic carbocycles. The van der Waals surface area contributed by atoms with Gasteiger partial charge in [-0.1, -0.05) is 23.1 Å². The first-order valence-corrected chi connectivity index (χ1v) is 12.6. The van der Waals surface area contributed by atoms with Gasteiger partial charge < -0.3 is 14.2 Å². The Morgan fingerprint density at radius 1 is 1.29 bits per heavy atom. The first kappa shape index (κ1) is 23.1. The Bertz CT molecular complexity index is 1070. The number of carbonyl (C=O) groups excluding carboxylic acids is 2. The zero-order valence-electron chi connectivity index (χ0n) is 16.9. The number of nitrogens with one attached hydrogen (secondary N) is 1. The molecule has 11 nitrogen and oxygen atoms in total. The number of amides is 1. The molecule has 0 radical (unpaired) electrons. The largest absolute Gasteiger partial charge is 0.486 e. The van der Waals surface area contributed by atoms with E-state index < -0.39 is 27.9 Å². The molecule has 1 aromatic heterocycles. The van der Waals surface area contributed by atoms with E-state index in [9.17, 15) is 18.0 Å². The van der Waals surface area contributed by atoms with Crippen LogP contribution < -0.4 is 19.1 Å². The standard InChI is InChI=1S/C17H20N4O7S3/c1-10(15(23)18-16-19-20-17(30-16)29-9-14(22)26-2)21(31(3,24)25)11-4-5-12-13(8-11)28-7-6-27-12/h4-5,8,10H,6-7,9H2,1-3H3,(H,18,19,23)/t10-/m1/s1. The summed E-state index contributed by atoms with van der Waals surface area (Å²) in [5, 5.41) is 10.5. The van der Waals surface area contributed by atoms with Crippen molar-refractivity contribution in [2.24, 2.45) is 0 Å². The number of aromatic nitrogens is 2. The third-order valence-corrected chi connectivity index (χ3v) is 7.23. The van der Waals surface area contributed by atoms with Crippen molar-refractivity contribution in [3.05, 3.63) is 18.2 Å².